The van der Waals surface area contributed by atoms with Crippen LogP contribution in [0.1, 0.15) is 18.3 Å². The Morgan fingerprint density at radius 2 is 1.61 bits per heavy atom. The topological polar surface area (TPSA) is 205 Å². The molecule has 208 valence electrons. The Morgan fingerprint density at radius 1 is 0.974 bits per heavy atom. The standard InChI is InChI=1S/C22H23N3O6.HO2P.2H3OP/c26-12-9-17-19(28)20(29)21(31-17)24-11-8-18(27)25(22(24)30)13-16-15(7-4-10-23-16)14-5-2-1-3-6-14;1-3-2;2*1-2/h1-8,10-11,17,19-21,26,28-29H,9,12-13H2;(H,1,2);2*1H,2H2. The number of benzene rings is 1. The molecule has 0 spiro atoms. The molecule has 4 rings (SSSR count). The molecule has 6 unspecified atom stereocenters. The van der Waals surface area contributed by atoms with Crippen molar-refractivity contribution < 1.29 is 39.3 Å². The summed E-state index contributed by atoms with van der Waals surface area (Å²) in [4.78, 5) is 50.8. The zero-order valence-electron chi connectivity index (χ0n) is 20.0. The molecule has 3 aromatic rings. The monoisotopic (exact) mass is 589 g/mol. The van der Waals surface area contributed by atoms with E-state index < -0.39 is 44.5 Å². The van der Waals surface area contributed by atoms with Gasteiger partial charge in [-0.1, -0.05) is 36.4 Å². The molecular weight excluding hydrogens is 559 g/mol. The number of hydrogen-bond acceptors (Lipinski definition) is 10. The minimum Gasteiger partial charge on any atom is -0.396 e. The fourth-order valence-electron chi connectivity index (χ4n) is 3.79. The van der Waals surface area contributed by atoms with Gasteiger partial charge in [0, 0.05) is 30.6 Å². The number of aliphatic hydroxyl groups excluding tert-OH is 3. The predicted octanol–water partition coefficient (Wildman–Crippen LogP) is -0.155. The first-order valence-corrected chi connectivity index (χ1v) is 12.6. The van der Waals surface area contributed by atoms with Crippen molar-refractivity contribution in [2.45, 2.75) is 37.5 Å². The summed E-state index contributed by atoms with van der Waals surface area (Å²) < 4.78 is 16.2. The molecule has 2 aromatic heterocycles. The molecule has 1 saturated heterocycles. The van der Waals surface area contributed by atoms with E-state index in [4.69, 9.17) is 29.1 Å². The van der Waals surface area contributed by atoms with E-state index in [0.29, 0.717) is 5.69 Å². The minimum absolute atomic E-state index is 0.0744. The zero-order valence-corrected chi connectivity index (χ0v) is 23.2. The molecule has 1 fully saturated rings. The molecule has 16 heteroatoms. The van der Waals surface area contributed by atoms with E-state index in [1.807, 2.05) is 36.4 Å². The van der Waals surface area contributed by atoms with Crippen molar-refractivity contribution >= 4 is 27.6 Å². The van der Waals surface area contributed by atoms with Gasteiger partial charge in [0.1, 0.15) is 12.2 Å². The molecule has 0 radical (unpaired) electrons. The highest BCUT2D eigenvalue weighted by Gasteiger charge is 2.43. The van der Waals surface area contributed by atoms with Crippen LogP contribution in [0.2, 0.25) is 0 Å². The lowest BCUT2D eigenvalue weighted by Gasteiger charge is -2.19. The van der Waals surface area contributed by atoms with Crippen LogP contribution in [0.5, 0.6) is 0 Å². The van der Waals surface area contributed by atoms with Crippen molar-refractivity contribution in [2.24, 2.45) is 0 Å². The number of pyridine rings is 1. The second-order valence-corrected chi connectivity index (χ2v) is 7.60. The lowest BCUT2D eigenvalue weighted by atomic mass is 10.0. The van der Waals surface area contributed by atoms with Crippen LogP contribution in [-0.4, -0.2) is 69.0 Å². The maximum Gasteiger partial charge on any atom is 0.333 e. The van der Waals surface area contributed by atoms with E-state index in [1.165, 1.54) is 31.2 Å². The average Bonchev–Trinajstić information content (AvgIpc) is 3.23. The zero-order chi connectivity index (χ0) is 28.7. The highest BCUT2D eigenvalue weighted by molar-refractivity contribution is 7.16. The van der Waals surface area contributed by atoms with Crippen molar-refractivity contribution in [3.05, 3.63) is 87.5 Å². The molecule has 0 amide bonds. The summed E-state index contributed by atoms with van der Waals surface area (Å²) in [5, 5.41) is 29.6. The molecular formula is C22H30N3O10P3. The van der Waals surface area contributed by atoms with Gasteiger partial charge in [-0.15, -0.1) is 0 Å². The van der Waals surface area contributed by atoms with Crippen LogP contribution in [0.3, 0.4) is 0 Å². The third-order valence-corrected chi connectivity index (χ3v) is 5.40. The molecule has 0 saturated carbocycles. The van der Waals surface area contributed by atoms with Gasteiger partial charge >= 0.3 is 14.4 Å². The van der Waals surface area contributed by atoms with Crippen molar-refractivity contribution in [3.8, 4) is 11.1 Å². The first kappa shape index (κ1) is 33.8. The number of aromatic nitrogens is 3. The third-order valence-electron chi connectivity index (χ3n) is 5.40. The Bertz CT molecular complexity index is 1230. The molecule has 38 heavy (non-hydrogen) atoms. The van der Waals surface area contributed by atoms with Gasteiger partial charge < -0.3 is 34.7 Å². The van der Waals surface area contributed by atoms with Gasteiger partial charge in [-0.3, -0.25) is 18.9 Å². The molecule has 13 nitrogen and oxygen atoms in total. The molecule has 1 aliphatic rings. The summed E-state index contributed by atoms with van der Waals surface area (Å²) in [5.41, 5.74) is 1.01. The van der Waals surface area contributed by atoms with Gasteiger partial charge in [0.25, 0.3) is 5.56 Å². The SMILES string of the molecule is O=PO.O=c1ccn(C2OC(CCO)C(O)C2O)c(=O)n1Cc1ncccc1-c1ccccc1.OP.OP. The molecule has 6 N–H and O–H groups in total. The Labute approximate surface area is 223 Å². The lowest BCUT2D eigenvalue weighted by Crippen LogP contribution is -2.43. The van der Waals surface area contributed by atoms with E-state index >= 15 is 0 Å². The number of ether oxygens (including phenoxy) is 1. The summed E-state index contributed by atoms with van der Waals surface area (Å²) in [5.74, 6) is 0. The summed E-state index contributed by atoms with van der Waals surface area (Å²) in [6.45, 7) is -0.313. The lowest BCUT2D eigenvalue weighted by molar-refractivity contribution is -0.0458. The van der Waals surface area contributed by atoms with E-state index in [1.54, 1.807) is 12.3 Å². The van der Waals surface area contributed by atoms with E-state index in [2.05, 4.69) is 4.98 Å². The summed E-state index contributed by atoms with van der Waals surface area (Å²) >= 11 is 0. The number of hydrogen-bond donors (Lipinski definition) is 6. The summed E-state index contributed by atoms with van der Waals surface area (Å²) in [6, 6.07) is 14.4. The van der Waals surface area contributed by atoms with E-state index in [9.17, 15) is 19.8 Å². The van der Waals surface area contributed by atoms with Crippen LogP contribution in [0.25, 0.3) is 11.1 Å². The quantitative estimate of drug-likeness (QED) is 0.209. The fraction of sp³-hybridized carbons (Fsp3) is 0.318. The number of nitrogens with zero attached hydrogens (tertiary/aromatic N) is 3. The summed E-state index contributed by atoms with van der Waals surface area (Å²) in [6.07, 6.45) is -1.70. The Balaban J connectivity index is 0.000000944. The van der Waals surface area contributed by atoms with Crippen molar-refractivity contribution in [2.75, 3.05) is 6.61 Å². The van der Waals surface area contributed by atoms with Crippen LogP contribution in [0.4, 0.5) is 0 Å². The third kappa shape index (κ3) is 8.62. The first-order chi connectivity index (χ1) is 18.4. The molecule has 3 heterocycles. The van der Waals surface area contributed by atoms with Gasteiger partial charge in [-0.05, 0) is 37.0 Å². The Morgan fingerprint density at radius 3 is 2.21 bits per heavy atom. The van der Waals surface area contributed by atoms with Crippen molar-refractivity contribution in [1.29, 1.82) is 0 Å². The van der Waals surface area contributed by atoms with Gasteiger partial charge in [0.2, 0.25) is 0 Å². The van der Waals surface area contributed by atoms with Crippen LogP contribution < -0.4 is 11.2 Å². The maximum absolute atomic E-state index is 13.1. The smallest absolute Gasteiger partial charge is 0.333 e. The van der Waals surface area contributed by atoms with E-state index in [-0.39, 0.29) is 19.6 Å². The second kappa shape index (κ2) is 18.1. The largest absolute Gasteiger partial charge is 0.396 e. The fourth-order valence-corrected chi connectivity index (χ4v) is 3.79. The van der Waals surface area contributed by atoms with Gasteiger partial charge in [0.15, 0.2) is 6.23 Å². The molecule has 1 aromatic carbocycles. The van der Waals surface area contributed by atoms with Crippen LogP contribution in [-0.2, 0) is 15.8 Å². The molecule has 0 aliphatic carbocycles. The first-order valence-electron chi connectivity index (χ1n) is 10.8. The second-order valence-electron chi connectivity index (χ2n) is 7.43. The van der Waals surface area contributed by atoms with Gasteiger partial charge in [0.05, 0.1) is 18.3 Å². The predicted molar refractivity (Wildman–Crippen MR) is 145 cm³/mol. The highest BCUT2D eigenvalue weighted by Crippen LogP contribution is 2.29. The van der Waals surface area contributed by atoms with Gasteiger partial charge in [-0.2, -0.15) is 0 Å². The minimum atomic E-state index is -1.38. The number of aliphatic hydroxyl groups is 3. The molecule has 0 bridgehead atoms. The average molecular weight is 589 g/mol. The number of rotatable bonds is 6. The Hall–Kier alpha value is -2.27. The maximum atomic E-state index is 13.1. The molecule has 1 aliphatic heterocycles. The van der Waals surface area contributed by atoms with E-state index in [0.717, 1.165) is 20.3 Å². The normalized spacial score (nSPS) is 19.8. The van der Waals surface area contributed by atoms with Crippen LogP contribution in [0, 0.1) is 0 Å². The van der Waals surface area contributed by atoms with Gasteiger partial charge in [-0.25, -0.2) is 9.36 Å². The Kier molecular flexibility index (Phi) is 16.1. The highest BCUT2D eigenvalue weighted by atomic mass is 31.1. The van der Waals surface area contributed by atoms with Crippen LogP contribution >= 0.6 is 27.6 Å². The van der Waals surface area contributed by atoms with Crippen molar-refractivity contribution in [3.63, 3.8) is 0 Å². The molecule has 6 atom stereocenters. The summed E-state index contributed by atoms with van der Waals surface area (Å²) in [7, 11) is 2.00. The van der Waals surface area contributed by atoms with Crippen LogP contribution in [0.15, 0.2) is 70.5 Å². The van der Waals surface area contributed by atoms with Crippen molar-refractivity contribution in [1.82, 2.24) is 14.1 Å².